The number of carbonyl (C=O) groups is 1. The van der Waals surface area contributed by atoms with Gasteiger partial charge in [0.2, 0.25) is 5.91 Å². The summed E-state index contributed by atoms with van der Waals surface area (Å²) in [6, 6.07) is 0. The third-order valence-corrected chi connectivity index (χ3v) is 4.30. The second-order valence-corrected chi connectivity index (χ2v) is 7.11. The Kier molecular flexibility index (Phi) is 7.42. The summed E-state index contributed by atoms with van der Waals surface area (Å²) < 4.78 is 0. The molecule has 0 aliphatic heterocycles. The Hall–Kier alpha value is -1.52. The summed E-state index contributed by atoms with van der Waals surface area (Å²) >= 11 is 0. The van der Waals surface area contributed by atoms with Crippen molar-refractivity contribution in [3.8, 4) is 0 Å². The maximum atomic E-state index is 11.6. The number of hydrogen-bond donors (Lipinski definition) is 2. The standard InChI is InChI=1S/C17H32N4O/c1-6-11-18-16(20-13-15(22)21(4)5)19-12-14-7-9-17(2,3)10-8-14/h6,14H,1,7-13H2,2-5H3,(H2,18,19,20). The van der Waals surface area contributed by atoms with Crippen molar-refractivity contribution in [1.29, 1.82) is 0 Å². The highest BCUT2D eigenvalue weighted by atomic mass is 16.2. The molecule has 0 saturated heterocycles. The number of nitrogens with one attached hydrogen (secondary N) is 2. The number of likely N-dealkylation sites (N-methyl/N-ethyl adjacent to an activating group) is 1. The van der Waals surface area contributed by atoms with Crippen LogP contribution in [0.15, 0.2) is 17.6 Å². The molecule has 1 fully saturated rings. The highest BCUT2D eigenvalue weighted by Crippen LogP contribution is 2.37. The van der Waals surface area contributed by atoms with Crippen LogP contribution >= 0.6 is 0 Å². The fraction of sp³-hybridized carbons (Fsp3) is 0.765. The molecule has 2 N–H and O–H groups in total. The van der Waals surface area contributed by atoms with Crippen LogP contribution in [0.1, 0.15) is 39.5 Å². The molecule has 0 spiro atoms. The number of aliphatic imine (C=N–C) groups is 1. The van der Waals surface area contributed by atoms with Gasteiger partial charge in [0.1, 0.15) is 6.54 Å². The lowest BCUT2D eigenvalue weighted by Crippen LogP contribution is -2.41. The lowest BCUT2D eigenvalue weighted by Gasteiger charge is -2.34. The third kappa shape index (κ3) is 6.96. The van der Waals surface area contributed by atoms with Gasteiger partial charge in [0.15, 0.2) is 5.96 Å². The van der Waals surface area contributed by atoms with Crippen molar-refractivity contribution in [1.82, 2.24) is 15.5 Å². The van der Waals surface area contributed by atoms with E-state index in [0.29, 0.717) is 23.8 Å². The van der Waals surface area contributed by atoms with Crippen molar-refractivity contribution in [3.63, 3.8) is 0 Å². The molecule has 0 bridgehead atoms. The molecule has 0 heterocycles. The summed E-state index contributed by atoms with van der Waals surface area (Å²) in [7, 11) is 3.48. The molecule has 0 aromatic heterocycles. The van der Waals surface area contributed by atoms with Crippen LogP contribution < -0.4 is 10.6 Å². The van der Waals surface area contributed by atoms with Crippen molar-refractivity contribution in [2.75, 3.05) is 33.7 Å². The minimum absolute atomic E-state index is 0.000816. The first-order valence-electron chi connectivity index (χ1n) is 8.17. The Balaban J connectivity index is 2.45. The zero-order valence-corrected chi connectivity index (χ0v) is 14.6. The van der Waals surface area contributed by atoms with E-state index in [1.54, 1.807) is 25.1 Å². The molecule has 0 aromatic carbocycles. The van der Waals surface area contributed by atoms with E-state index in [1.165, 1.54) is 25.7 Å². The van der Waals surface area contributed by atoms with Gasteiger partial charge in [-0.3, -0.25) is 4.79 Å². The number of carbonyl (C=O) groups excluding carboxylic acids is 1. The van der Waals surface area contributed by atoms with Crippen molar-refractivity contribution >= 4 is 11.9 Å². The summed E-state index contributed by atoms with van der Waals surface area (Å²) in [5, 5.41) is 6.54. The Morgan fingerprint density at radius 3 is 2.50 bits per heavy atom. The Morgan fingerprint density at radius 1 is 1.32 bits per heavy atom. The zero-order valence-electron chi connectivity index (χ0n) is 14.6. The van der Waals surface area contributed by atoms with E-state index in [1.807, 2.05) is 0 Å². The smallest absolute Gasteiger partial charge is 0.243 e. The maximum absolute atomic E-state index is 11.6. The first-order valence-corrected chi connectivity index (χ1v) is 8.17. The Bertz CT molecular complexity index is 391. The van der Waals surface area contributed by atoms with Crippen LogP contribution in [-0.2, 0) is 4.79 Å². The van der Waals surface area contributed by atoms with Gasteiger partial charge in [-0.25, -0.2) is 4.99 Å². The molecule has 1 saturated carbocycles. The van der Waals surface area contributed by atoms with E-state index in [4.69, 9.17) is 0 Å². The van der Waals surface area contributed by atoms with Gasteiger partial charge in [-0.1, -0.05) is 19.9 Å². The molecular weight excluding hydrogens is 276 g/mol. The molecule has 0 aromatic rings. The third-order valence-electron chi connectivity index (χ3n) is 4.30. The molecule has 0 radical (unpaired) electrons. The summed E-state index contributed by atoms with van der Waals surface area (Å²) in [6.45, 7) is 10.1. The average Bonchev–Trinajstić information content (AvgIpc) is 2.47. The zero-order chi connectivity index (χ0) is 16.6. The van der Waals surface area contributed by atoms with E-state index >= 15 is 0 Å². The molecule has 5 heteroatoms. The number of nitrogens with zero attached hydrogens (tertiary/aromatic N) is 2. The Morgan fingerprint density at radius 2 is 1.95 bits per heavy atom. The lowest BCUT2D eigenvalue weighted by atomic mass is 9.73. The second-order valence-electron chi connectivity index (χ2n) is 7.11. The number of amides is 1. The van der Waals surface area contributed by atoms with Gasteiger partial charge in [0.25, 0.3) is 0 Å². The van der Waals surface area contributed by atoms with E-state index in [-0.39, 0.29) is 12.5 Å². The van der Waals surface area contributed by atoms with Crippen molar-refractivity contribution in [2.24, 2.45) is 16.3 Å². The largest absolute Gasteiger partial charge is 0.356 e. The van der Waals surface area contributed by atoms with Gasteiger partial charge in [-0.15, -0.1) is 6.58 Å². The van der Waals surface area contributed by atoms with E-state index in [9.17, 15) is 4.79 Å². The number of rotatable bonds is 6. The van der Waals surface area contributed by atoms with Gasteiger partial charge < -0.3 is 15.5 Å². The van der Waals surface area contributed by atoms with Crippen LogP contribution in [0.25, 0.3) is 0 Å². The van der Waals surface area contributed by atoms with Crippen LogP contribution in [0.4, 0.5) is 0 Å². The van der Waals surface area contributed by atoms with Crippen molar-refractivity contribution in [3.05, 3.63) is 12.7 Å². The van der Waals surface area contributed by atoms with Gasteiger partial charge in [-0.2, -0.15) is 0 Å². The normalized spacial score (nSPS) is 18.6. The fourth-order valence-corrected chi connectivity index (χ4v) is 2.54. The van der Waals surface area contributed by atoms with Gasteiger partial charge >= 0.3 is 0 Å². The van der Waals surface area contributed by atoms with Crippen LogP contribution in [-0.4, -0.2) is 50.5 Å². The summed E-state index contributed by atoms with van der Waals surface area (Å²) in [5.41, 5.74) is 0.493. The molecule has 0 atom stereocenters. The fourth-order valence-electron chi connectivity index (χ4n) is 2.54. The predicted molar refractivity (Wildman–Crippen MR) is 92.9 cm³/mol. The Labute approximate surface area is 135 Å². The minimum Gasteiger partial charge on any atom is -0.356 e. The van der Waals surface area contributed by atoms with Gasteiger partial charge in [0.05, 0.1) is 0 Å². The van der Waals surface area contributed by atoms with Gasteiger partial charge in [0, 0.05) is 27.2 Å². The van der Waals surface area contributed by atoms with Crippen LogP contribution in [0.5, 0.6) is 0 Å². The topological polar surface area (TPSA) is 56.7 Å². The van der Waals surface area contributed by atoms with Crippen LogP contribution in [0, 0.1) is 11.3 Å². The average molecular weight is 308 g/mol. The maximum Gasteiger partial charge on any atom is 0.243 e. The SMILES string of the molecule is C=CCNC(=NCC(=O)N(C)C)NCC1CCC(C)(C)CC1. The van der Waals surface area contributed by atoms with Crippen molar-refractivity contribution < 1.29 is 4.79 Å². The summed E-state index contributed by atoms with van der Waals surface area (Å²) in [6.07, 6.45) is 6.86. The molecule has 1 aliphatic carbocycles. The summed E-state index contributed by atoms with van der Waals surface area (Å²) in [5.74, 6) is 1.38. The van der Waals surface area contributed by atoms with E-state index in [2.05, 4.69) is 36.1 Å². The molecule has 0 unspecified atom stereocenters. The first-order chi connectivity index (χ1) is 10.3. The molecule has 5 nitrogen and oxygen atoms in total. The van der Waals surface area contributed by atoms with Crippen LogP contribution in [0.3, 0.4) is 0 Å². The predicted octanol–water partition coefficient (Wildman–Crippen LogP) is 2.01. The number of hydrogen-bond acceptors (Lipinski definition) is 2. The van der Waals surface area contributed by atoms with E-state index < -0.39 is 0 Å². The molecule has 22 heavy (non-hydrogen) atoms. The molecule has 126 valence electrons. The highest BCUT2D eigenvalue weighted by Gasteiger charge is 2.26. The van der Waals surface area contributed by atoms with E-state index in [0.717, 1.165) is 6.54 Å². The van der Waals surface area contributed by atoms with Crippen molar-refractivity contribution in [2.45, 2.75) is 39.5 Å². The molecular formula is C17H32N4O. The highest BCUT2D eigenvalue weighted by molar-refractivity contribution is 5.84. The second kappa shape index (κ2) is 8.81. The summed E-state index contributed by atoms with van der Waals surface area (Å²) in [4.78, 5) is 17.5. The minimum atomic E-state index is -0.000816. The molecule has 1 amide bonds. The lowest BCUT2D eigenvalue weighted by molar-refractivity contribution is -0.127. The first kappa shape index (κ1) is 18.5. The number of guanidine groups is 1. The van der Waals surface area contributed by atoms with Gasteiger partial charge in [-0.05, 0) is 37.0 Å². The monoisotopic (exact) mass is 308 g/mol. The quantitative estimate of drug-likeness (QED) is 0.448. The molecule has 1 aliphatic rings. The molecule has 1 rings (SSSR count). The van der Waals surface area contributed by atoms with Crippen LogP contribution in [0.2, 0.25) is 0 Å².